The lowest BCUT2D eigenvalue weighted by atomic mass is 10.0. The van der Waals surface area contributed by atoms with Gasteiger partial charge in [0.2, 0.25) is 5.95 Å². The summed E-state index contributed by atoms with van der Waals surface area (Å²) in [6, 6.07) is 5.01. The summed E-state index contributed by atoms with van der Waals surface area (Å²) in [5, 5.41) is 3.62. The van der Waals surface area contributed by atoms with E-state index in [2.05, 4.69) is 10.1 Å². The minimum atomic E-state index is -4.65. The lowest BCUT2D eigenvalue weighted by Gasteiger charge is -2.10. The zero-order valence-corrected chi connectivity index (χ0v) is 11.5. The van der Waals surface area contributed by atoms with Crippen molar-refractivity contribution in [1.82, 2.24) is 14.8 Å². The normalized spacial score (nSPS) is 12.2. The number of alkyl halides is 3. The van der Waals surface area contributed by atoms with E-state index >= 15 is 0 Å². The maximum atomic E-state index is 12.5. The summed E-state index contributed by atoms with van der Waals surface area (Å²) in [5.41, 5.74) is 6.69. The van der Waals surface area contributed by atoms with Crippen molar-refractivity contribution in [2.24, 2.45) is 0 Å². The van der Waals surface area contributed by atoms with Crippen LogP contribution in [0.1, 0.15) is 31.2 Å². The third-order valence-corrected chi connectivity index (χ3v) is 3.06. The fourth-order valence-electron chi connectivity index (χ4n) is 1.68. The molecule has 1 aromatic heterocycles. The largest absolute Gasteiger partial charge is 0.453 e. The van der Waals surface area contributed by atoms with Crippen molar-refractivity contribution in [1.29, 1.82) is 0 Å². The Balaban J connectivity index is 2.50. The predicted molar refractivity (Wildman–Crippen MR) is 69.9 cm³/mol. The highest BCUT2D eigenvalue weighted by Crippen LogP contribution is 2.30. The highest BCUT2D eigenvalue weighted by molar-refractivity contribution is 6.32. The highest BCUT2D eigenvalue weighted by atomic mass is 35.5. The molecule has 0 aliphatic carbocycles. The number of benzene rings is 1. The van der Waals surface area contributed by atoms with Gasteiger partial charge in [-0.25, -0.2) is 0 Å². The fourth-order valence-corrected chi connectivity index (χ4v) is 1.94. The van der Waals surface area contributed by atoms with Crippen LogP contribution in [0.25, 0.3) is 5.69 Å². The number of nitrogen functional groups attached to an aromatic ring is 1. The van der Waals surface area contributed by atoms with Crippen LogP contribution in [-0.2, 0) is 6.18 Å². The first kappa shape index (κ1) is 14.6. The van der Waals surface area contributed by atoms with Gasteiger partial charge in [0.25, 0.3) is 5.82 Å². The van der Waals surface area contributed by atoms with E-state index in [1.807, 2.05) is 13.8 Å². The molecule has 0 saturated carbocycles. The Morgan fingerprint density at radius 1 is 1.30 bits per heavy atom. The van der Waals surface area contributed by atoms with Gasteiger partial charge < -0.3 is 5.73 Å². The highest BCUT2D eigenvalue weighted by Gasteiger charge is 2.37. The van der Waals surface area contributed by atoms with Crippen molar-refractivity contribution in [3.8, 4) is 5.69 Å². The topological polar surface area (TPSA) is 56.7 Å². The lowest BCUT2D eigenvalue weighted by Crippen LogP contribution is -2.08. The summed E-state index contributed by atoms with van der Waals surface area (Å²) in [6.45, 7) is 3.97. The van der Waals surface area contributed by atoms with Crippen LogP contribution in [0.15, 0.2) is 18.2 Å². The maximum Gasteiger partial charge on any atom is 0.453 e. The van der Waals surface area contributed by atoms with Crippen LogP contribution in [0.4, 0.5) is 19.1 Å². The molecule has 2 N–H and O–H groups in total. The molecular weight excluding hydrogens is 293 g/mol. The van der Waals surface area contributed by atoms with Gasteiger partial charge in [-0.3, -0.25) is 0 Å². The smallest absolute Gasteiger partial charge is 0.368 e. The molecule has 0 saturated heterocycles. The number of nitrogens with two attached hydrogens (primary N) is 1. The number of anilines is 1. The molecule has 1 aromatic carbocycles. The van der Waals surface area contributed by atoms with E-state index in [0.717, 1.165) is 10.2 Å². The Morgan fingerprint density at radius 3 is 2.40 bits per heavy atom. The average Bonchev–Trinajstić information content (AvgIpc) is 2.71. The quantitative estimate of drug-likeness (QED) is 0.921. The Kier molecular flexibility index (Phi) is 3.64. The first-order valence-electron chi connectivity index (χ1n) is 5.79. The fraction of sp³-hybridized carbons (Fsp3) is 0.333. The van der Waals surface area contributed by atoms with Crippen LogP contribution in [0, 0.1) is 0 Å². The number of hydrogen-bond acceptors (Lipinski definition) is 3. The molecule has 0 fully saturated rings. The number of rotatable bonds is 2. The Morgan fingerprint density at radius 2 is 1.95 bits per heavy atom. The molecule has 108 valence electrons. The molecule has 2 aromatic rings. The van der Waals surface area contributed by atoms with Gasteiger partial charge in [-0.15, -0.1) is 5.10 Å². The van der Waals surface area contributed by atoms with Crippen LogP contribution in [0.2, 0.25) is 5.02 Å². The van der Waals surface area contributed by atoms with Gasteiger partial charge >= 0.3 is 6.18 Å². The Bertz CT molecular complexity index is 634. The second-order valence-electron chi connectivity index (χ2n) is 4.57. The summed E-state index contributed by atoms with van der Waals surface area (Å²) in [7, 11) is 0. The third-order valence-electron chi connectivity index (χ3n) is 2.75. The molecule has 0 atom stereocenters. The second-order valence-corrected chi connectivity index (χ2v) is 4.98. The van der Waals surface area contributed by atoms with E-state index in [1.54, 1.807) is 18.2 Å². The van der Waals surface area contributed by atoms with E-state index in [-0.39, 0.29) is 22.6 Å². The average molecular weight is 305 g/mol. The minimum Gasteiger partial charge on any atom is -0.368 e. The monoisotopic (exact) mass is 304 g/mol. The summed E-state index contributed by atoms with van der Waals surface area (Å²) in [5.74, 6) is -1.41. The first-order chi connectivity index (χ1) is 9.20. The van der Waals surface area contributed by atoms with Crippen LogP contribution in [0.3, 0.4) is 0 Å². The number of aromatic nitrogens is 3. The zero-order valence-electron chi connectivity index (χ0n) is 10.7. The van der Waals surface area contributed by atoms with Crippen LogP contribution >= 0.6 is 11.6 Å². The van der Waals surface area contributed by atoms with Crippen molar-refractivity contribution >= 4 is 17.5 Å². The molecule has 4 nitrogen and oxygen atoms in total. The van der Waals surface area contributed by atoms with Gasteiger partial charge in [0.1, 0.15) is 0 Å². The van der Waals surface area contributed by atoms with Crippen molar-refractivity contribution in [2.45, 2.75) is 25.9 Å². The molecule has 0 bridgehead atoms. The number of hydrogen-bond donors (Lipinski definition) is 1. The molecule has 2 rings (SSSR count). The van der Waals surface area contributed by atoms with Crippen molar-refractivity contribution in [3.05, 3.63) is 34.6 Å². The van der Waals surface area contributed by atoms with Crippen molar-refractivity contribution in [3.63, 3.8) is 0 Å². The second kappa shape index (κ2) is 4.97. The van der Waals surface area contributed by atoms with Gasteiger partial charge in [0.15, 0.2) is 0 Å². The van der Waals surface area contributed by atoms with Gasteiger partial charge in [-0.2, -0.15) is 22.8 Å². The standard InChI is InChI=1S/C12H12ClF3N4/c1-6(2)7-3-4-9(8(13)5-7)20-11(17)18-10(19-20)12(14,15)16/h3-6H,1-2H3,(H2,17,18,19). The zero-order chi connectivity index (χ0) is 15.1. The summed E-state index contributed by atoms with van der Waals surface area (Å²) < 4.78 is 38.5. The van der Waals surface area contributed by atoms with Crippen LogP contribution in [-0.4, -0.2) is 14.8 Å². The van der Waals surface area contributed by atoms with E-state index in [4.69, 9.17) is 17.3 Å². The van der Waals surface area contributed by atoms with Crippen LogP contribution < -0.4 is 5.73 Å². The van der Waals surface area contributed by atoms with Gasteiger partial charge in [-0.05, 0) is 23.6 Å². The summed E-state index contributed by atoms with van der Waals surface area (Å²) >= 11 is 6.08. The van der Waals surface area contributed by atoms with E-state index in [9.17, 15) is 13.2 Å². The van der Waals surface area contributed by atoms with Gasteiger partial charge in [0, 0.05) is 0 Å². The summed E-state index contributed by atoms with van der Waals surface area (Å²) in [4.78, 5) is 3.20. The molecular formula is C12H12ClF3N4. The van der Waals surface area contributed by atoms with Crippen molar-refractivity contribution < 1.29 is 13.2 Å². The number of halogens is 4. The van der Waals surface area contributed by atoms with E-state index in [1.165, 1.54) is 0 Å². The molecule has 0 aliphatic heterocycles. The van der Waals surface area contributed by atoms with E-state index in [0.29, 0.717) is 0 Å². The third kappa shape index (κ3) is 2.72. The van der Waals surface area contributed by atoms with Gasteiger partial charge in [-0.1, -0.05) is 31.5 Å². The molecule has 1 heterocycles. The lowest BCUT2D eigenvalue weighted by molar-refractivity contribution is -0.144. The SMILES string of the molecule is CC(C)c1ccc(-n2nc(C(F)(F)F)nc2N)c(Cl)c1. The van der Waals surface area contributed by atoms with Gasteiger partial charge in [0.05, 0.1) is 10.7 Å². The first-order valence-corrected chi connectivity index (χ1v) is 6.17. The molecule has 0 spiro atoms. The Hall–Kier alpha value is -1.76. The molecule has 0 radical (unpaired) electrons. The summed E-state index contributed by atoms with van der Waals surface area (Å²) in [6.07, 6.45) is -4.65. The maximum absolute atomic E-state index is 12.5. The van der Waals surface area contributed by atoms with Crippen molar-refractivity contribution in [2.75, 3.05) is 5.73 Å². The molecule has 0 aliphatic rings. The molecule has 0 unspecified atom stereocenters. The molecule has 20 heavy (non-hydrogen) atoms. The van der Waals surface area contributed by atoms with Crippen LogP contribution in [0.5, 0.6) is 0 Å². The van der Waals surface area contributed by atoms with E-state index < -0.39 is 12.0 Å². The number of nitrogens with zero attached hydrogens (tertiary/aromatic N) is 3. The Labute approximate surface area is 118 Å². The minimum absolute atomic E-state index is 0.250. The predicted octanol–water partition coefficient (Wildman–Crippen LogP) is 3.65. The molecule has 0 amide bonds. The molecule has 8 heteroatoms.